The topological polar surface area (TPSA) is 30.5 Å². The van der Waals surface area contributed by atoms with Crippen molar-refractivity contribution in [1.29, 1.82) is 0 Å². The molecule has 1 saturated heterocycles. The summed E-state index contributed by atoms with van der Waals surface area (Å²) < 4.78 is 12.8. The molecular formula is C16H24BrNO2. The molecule has 2 rings (SSSR count). The molecule has 0 radical (unpaired) electrons. The summed E-state index contributed by atoms with van der Waals surface area (Å²) in [5.41, 5.74) is 1.24. The molecule has 1 fully saturated rings. The summed E-state index contributed by atoms with van der Waals surface area (Å²) in [5.74, 6) is 0. The van der Waals surface area contributed by atoms with E-state index in [4.69, 9.17) is 9.47 Å². The van der Waals surface area contributed by atoms with Crippen LogP contribution in [0.25, 0.3) is 0 Å². The minimum atomic E-state index is 0.123. The van der Waals surface area contributed by atoms with E-state index in [1.807, 2.05) is 0 Å². The highest BCUT2D eigenvalue weighted by Crippen LogP contribution is 2.24. The highest BCUT2D eigenvalue weighted by molar-refractivity contribution is 9.10. The fraction of sp³-hybridized carbons (Fsp3) is 0.625. The molecule has 1 N–H and O–H groups in total. The predicted octanol–water partition coefficient (Wildman–Crippen LogP) is 3.69. The van der Waals surface area contributed by atoms with Gasteiger partial charge in [0.1, 0.15) is 0 Å². The van der Waals surface area contributed by atoms with Crippen LogP contribution >= 0.6 is 15.9 Å². The van der Waals surface area contributed by atoms with Crippen molar-refractivity contribution in [3.05, 3.63) is 34.3 Å². The summed E-state index contributed by atoms with van der Waals surface area (Å²) in [6.45, 7) is 5.72. The Bertz CT molecular complexity index is 377. The van der Waals surface area contributed by atoms with Crippen LogP contribution < -0.4 is 5.32 Å². The van der Waals surface area contributed by atoms with Gasteiger partial charge < -0.3 is 14.8 Å². The summed E-state index contributed by atoms with van der Waals surface area (Å²) in [7, 11) is 0. The van der Waals surface area contributed by atoms with E-state index in [0.717, 1.165) is 50.0 Å². The van der Waals surface area contributed by atoms with E-state index < -0.39 is 0 Å². The summed E-state index contributed by atoms with van der Waals surface area (Å²) in [4.78, 5) is 0. The molecule has 1 aliphatic rings. The molecule has 1 aromatic carbocycles. The van der Waals surface area contributed by atoms with Crippen LogP contribution in [0, 0.1) is 0 Å². The Kier molecular flexibility index (Phi) is 7.00. The molecule has 4 heteroatoms. The molecule has 0 aliphatic carbocycles. The van der Waals surface area contributed by atoms with Crippen molar-refractivity contribution >= 4 is 15.9 Å². The van der Waals surface area contributed by atoms with Crippen molar-refractivity contribution < 1.29 is 9.47 Å². The Morgan fingerprint density at radius 3 is 2.65 bits per heavy atom. The Hall–Kier alpha value is -0.420. The summed E-state index contributed by atoms with van der Waals surface area (Å²) in [6, 6.07) is 8.44. The summed E-state index contributed by atoms with van der Waals surface area (Å²) in [5, 5.41) is 3.47. The zero-order chi connectivity index (χ0) is 14.2. The van der Waals surface area contributed by atoms with Crippen molar-refractivity contribution in [2.45, 2.75) is 38.4 Å². The van der Waals surface area contributed by atoms with Gasteiger partial charge in [-0.15, -0.1) is 0 Å². The lowest BCUT2D eigenvalue weighted by atomic mass is 10.1. The highest BCUT2D eigenvalue weighted by Gasteiger charge is 2.20. The maximum absolute atomic E-state index is 6.31. The van der Waals surface area contributed by atoms with Crippen LogP contribution in [-0.4, -0.2) is 32.4 Å². The lowest BCUT2D eigenvalue weighted by molar-refractivity contribution is -0.0688. The van der Waals surface area contributed by atoms with E-state index in [1.165, 1.54) is 5.56 Å². The monoisotopic (exact) mass is 341 g/mol. The predicted molar refractivity (Wildman–Crippen MR) is 85.0 cm³/mol. The van der Waals surface area contributed by atoms with E-state index in [2.05, 4.69) is 52.4 Å². The molecule has 0 saturated carbocycles. The first-order valence-corrected chi connectivity index (χ1v) is 8.28. The smallest absolute Gasteiger partial charge is 0.0953 e. The normalized spacial score (nSPS) is 18.1. The zero-order valence-electron chi connectivity index (χ0n) is 12.1. The first-order valence-electron chi connectivity index (χ1n) is 7.49. The van der Waals surface area contributed by atoms with Gasteiger partial charge in [-0.05, 0) is 43.5 Å². The van der Waals surface area contributed by atoms with E-state index in [1.54, 1.807) is 0 Å². The third kappa shape index (κ3) is 5.17. The van der Waals surface area contributed by atoms with Crippen LogP contribution in [0.1, 0.15) is 37.9 Å². The Morgan fingerprint density at radius 1 is 1.30 bits per heavy atom. The Labute approximate surface area is 130 Å². The van der Waals surface area contributed by atoms with Gasteiger partial charge in [-0.2, -0.15) is 0 Å². The molecular weight excluding hydrogens is 318 g/mol. The first-order chi connectivity index (χ1) is 9.79. The quantitative estimate of drug-likeness (QED) is 0.767. The van der Waals surface area contributed by atoms with Crippen molar-refractivity contribution in [2.75, 3.05) is 26.3 Å². The van der Waals surface area contributed by atoms with Crippen LogP contribution in [-0.2, 0) is 9.47 Å². The third-order valence-corrected chi connectivity index (χ3v) is 4.05. The van der Waals surface area contributed by atoms with Gasteiger partial charge in [0.25, 0.3) is 0 Å². The van der Waals surface area contributed by atoms with Crippen LogP contribution in [0.3, 0.4) is 0 Å². The van der Waals surface area contributed by atoms with Crippen molar-refractivity contribution in [3.63, 3.8) is 0 Å². The van der Waals surface area contributed by atoms with Crippen LogP contribution in [0.15, 0.2) is 28.7 Å². The van der Waals surface area contributed by atoms with E-state index in [-0.39, 0.29) is 6.10 Å². The van der Waals surface area contributed by atoms with Crippen molar-refractivity contribution in [3.8, 4) is 0 Å². The number of rotatable bonds is 7. The molecule has 0 spiro atoms. The molecule has 20 heavy (non-hydrogen) atoms. The second kappa shape index (κ2) is 8.78. The van der Waals surface area contributed by atoms with E-state index >= 15 is 0 Å². The molecule has 1 heterocycles. The van der Waals surface area contributed by atoms with Gasteiger partial charge >= 0.3 is 0 Å². The van der Waals surface area contributed by atoms with Crippen molar-refractivity contribution in [1.82, 2.24) is 5.32 Å². The molecule has 112 valence electrons. The lowest BCUT2D eigenvalue weighted by Crippen LogP contribution is -2.30. The average molecular weight is 342 g/mol. The molecule has 1 unspecified atom stereocenters. The number of ether oxygens (including phenoxy) is 2. The summed E-state index contributed by atoms with van der Waals surface area (Å²) >= 11 is 3.48. The standard InChI is InChI=1S/C16H24BrNO2/c1-2-9-18-12-16(13-3-5-14(17)6-4-13)20-15-7-10-19-11-8-15/h3-6,15-16,18H,2,7-12H2,1H3. The van der Waals surface area contributed by atoms with Gasteiger partial charge in [-0.3, -0.25) is 0 Å². The summed E-state index contributed by atoms with van der Waals surface area (Å²) in [6.07, 6.45) is 3.59. The van der Waals surface area contributed by atoms with Crippen LogP contribution in [0.5, 0.6) is 0 Å². The van der Waals surface area contributed by atoms with Gasteiger partial charge in [0.2, 0.25) is 0 Å². The number of benzene rings is 1. The van der Waals surface area contributed by atoms with Crippen LogP contribution in [0.4, 0.5) is 0 Å². The van der Waals surface area contributed by atoms with Gasteiger partial charge in [-0.25, -0.2) is 0 Å². The molecule has 0 aromatic heterocycles. The maximum atomic E-state index is 6.31. The number of hydrogen-bond donors (Lipinski definition) is 1. The second-order valence-corrected chi connectivity index (χ2v) is 6.11. The fourth-order valence-corrected chi connectivity index (χ4v) is 2.64. The largest absolute Gasteiger partial charge is 0.381 e. The van der Waals surface area contributed by atoms with E-state index in [0.29, 0.717) is 6.10 Å². The molecule has 0 amide bonds. The first kappa shape index (κ1) is 16.0. The van der Waals surface area contributed by atoms with Gasteiger partial charge in [0.05, 0.1) is 12.2 Å². The molecule has 1 atom stereocenters. The second-order valence-electron chi connectivity index (χ2n) is 5.19. The Morgan fingerprint density at radius 2 is 2.00 bits per heavy atom. The number of hydrogen-bond acceptors (Lipinski definition) is 3. The zero-order valence-corrected chi connectivity index (χ0v) is 13.7. The lowest BCUT2D eigenvalue weighted by Gasteiger charge is -2.28. The molecule has 1 aromatic rings. The molecule has 0 bridgehead atoms. The number of nitrogens with one attached hydrogen (secondary N) is 1. The minimum absolute atomic E-state index is 0.123. The number of halogens is 1. The third-order valence-electron chi connectivity index (χ3n) is 3.52. The SMILES string of the molecule is CCCNCC(OC1CCOCC1)c1ccc(Br)cc1. The fourth-order valence-electron chi connectivity index (χ4n) is 2.38. The van der Waals surface area contributed by atoms with Crippen LogP contribution in [0.2, 0.25) is 0 Å². The van der Waals surface area contributed by atoms with Gasteiger partial charge in [-0.1, -0.05) is 35.0 Å². The minimum Gasteiger partial charge on any atom is -0.381 e. The van der Waals surface area contributed by atoms with Gasteiger partial charge in [0, 0.05) is 24.2 Å². The highest BCUT2D eigenvalue weighted by atomic mass is 79.9. The maximum Gasteiger partial charge on any atom is 0.0953 e. The van der Waals surface area contributed by atoms with Crippen molar-refractivity contribution in [2.24, 2.45) is 0 Å². The Balaban J connectivity index is 1.97. The molecule has 1 aliphatic heterocycles. The van der Waals surface area contributed by atoms with E-state index in [9.17, 15) is 0 Å². The van der Waals surface area contributed by atoms with Gasteiger partial charge in [0.15, 0.2) is 0 Å². The molecule has 3 nitrogen and oxygen atoms in total. The average Bonchev–Trinajstić information content (AvgIpc) is 2.48.